The lowest BCUT2D eigenvalue weighted by molar-refractivity contribution is -0.143. The van der Waals surface area contributed by atoms with Crippen LogP contribution in [0.1, 0.15) is 91.9 Å². The second-order valence-corrected chi connectivity index (χ2v) is 11.0. The molecule has 1 amide bonds. The van der Waals surface area contributed by atoms with E-state index in [0.717, 1.165) is 31.3 Å². The van der Waals surface area contributed by atoms with Gasteiger partial charge in [0.05, 0.1) is 18.3 Å². The Labute approximate surface area is 264 Å². The van der Waals surface area contributed by atoms with E-state index in [1.54, 1.807) is 31.2 Å². The highest BCUT2D eigenvalue weighted by Crippen LogP contribution is 2.36. The topological polar surface area (TPSA) is 142 Å². The van der Waals surface area contributed by atoms with Gasteiger partial charge in [0.15, 0.2) is 0 Å². The van der Waals surface area contributed by atoms with Crippen molar-refractivity contribution in [2.24, 2.45) is 11.8 Å². The van der Waals surface area contributed by atoms with Crippen molar-refractivity contribution in [2.45, 2.75) is 116 Å². The Bertz CT molecular complexity index is 967. The molecule has 0 aromatic carbocycles. The molecule has 1 rings (SSSR count). The second-order valence-electron chi connectivity index (χ2n) is 11.0. The number of rotatable bonds is 20. The number of terminal acetylenes is 1. The lowest BCUT2D eigenvalue weighted by Gasteiger charge is -2.19. The van der Waals surface area contributed by atoms with E-state index in [-0.39, 0.29) is 36.3 Å². The monoisotopic (exact) mass is 617 g/mol. The number of nitrogens with one attached hydrogen (secondary N) is 1. The van der Waals surface area contributed by atoms with Crippen LogP contribution >= 0.6 is 0 Å². The zero-order chi connectivity index (χ0) is 33.3. The highest BCUT2D eigenvalue weighted by molar-refractivity contribution is 5.75. The molecule has 0 spiro atoms. The van der Waals surface area contributed by atoms with E-state index in [0.29, 0.717) is 45.1 Å². The van der Waals surface area contributed by atoms with Crippen molar-refractivity contribution in [1.29, 1.82) is 0 Å². The molecule has 9 heteroatoms. The molecular weight excluding hydrogens is 562 g/mol. The van der Waals surface area contributed by atoms with Crippen LogP contribution in [0.2, 0.25) is 0 Å². The van der Waals surface area contributed by atoms with Gasteiger partial charge in [0.25, 0.3) is 0 Å². The first-order valence-corrected chi connectivity index (χ1v) is 15.7. The Morgan fingerprint density at radius 2 is 1.73 bits per heavy atom. The number of aliphatic hydroxyl groups excluding tert-OH is 3. The van der Waals surface area contributed by atoms with E-state index in [1.807, 2.05) is 18.2 Å². The normalized spacial score (nSPS) is 21.6. The summed E-state index contributed by atoms with van der Waals surface area (Å²) in [6.45, 7) is 7.09. The Morgan fingerprint density at radius 1 is 1.00 bits per heavy atom. The van der Waals surface area contributed by atoms with Gasteiger partial charge in [0, 0.05) is 39.2 Å². The lowest BCUT2D eigenvalue weighted by Crippen LogP contribution is -2.24. The molecule has 1 saturated carbocycles. The van der Waals surface area contributed by atoms with Crippen LogP contribution < -0.4 is 5.32 Å². The summed E-state index contributed by atoms with van der Waals surface area (Å²) in [6.07, 6.45) is 25.9. The maximum Gasteiger partial charge on any atom is 0.303 e. The van der Waals surface area contributed by atoms with Crippen LogP contribution in [-0.4, -0.2) is 70.7 Å². The number of ether oxygens (including phenoxy) is 2. The predicted molar refractivity (Wildman–Crippen MR) is 173 cm³/mol. The van der Waals surface area contributed by atoms with Crippen LogP contribution in [0.15, 0.2) is 48.1 Å². The van der Waals surface area contributed by atoms with E-state index in [4.69, 9.17) is 9.47 Å². The quantitative estimate of drug-likeness (QED) is 0.0506. The summed E-state index contributed by atoms with van der Waals surface area (Å²) < 4.78 is 10.1. The summed E-state index contributed by atoms with van der Waals surface area (Å²) in [7, 11) is 0. The maximum absolute atomic E-state index is 12.3. The second kappa shape index (κ2) is 25.2. The van der Waals surface area contributed by atoms with Gasteiger partial charge in [-0.2, -0.15) is 0 Å². The van der Waals surface area contributed by atoms with Crippen LogP contribution in [0.25, 0.3) is 0 Å². The minimum atomic E-state index is -0.620. The van der Waals surface area contributed by atoms with Crippen LogP contribution in [0.5, 0.6) is 0 Å². The molecule has 0 radical (unpaired) electrons. The van der Waals surface area contributed by atoms with Crippen molar-refractivity contribution in [1.82, 2.24) is 5.32 Å². The number of amides is 1. The Hall–Kier alpha value is -3.19. The van der Waals surface area contributed by atoms with Crippen molar-refractivity contribution in [3.63, 3.8) is 0 Å². The van der Waals surface area contributed by atoms with E-state index in [2.05, 4.69) is 25.1 Å². The molecule has 6 atom stereocenters. The summed E-state index contributed by atoms with van der Waals surface area (Å²) in [6, 6.07) is 0. The molecule has 0 bridgehead atoms. The van der Waals surface area contributed by atoms with Gasteiger partial charge in [-0.1, -0.05) is 56.6 Å². The highest BCUT2D eigenvalue weighted by Gasteiger charge is 2.39. The molecule has 9 nitrogen and oxygen atoms in total. The van der Waals surface area contributed by atoms with Gasteiger partial charge in [-0.05, 0) is 62.7 Å². The molecule has 4 N–H and O–H groups in total. The lowest BCUT2D eigenvalue weighted by atomic mass is 9.89. The summed E-state index contributed by atoms with van der Waals surface area (Å²) >= 11 is 0. The number of allylic oxidation sites excluding steroid dienone is 3. The number of hydrogen-bond donors (Lipinski definition) is 4. The third kappa shape index (κ3) is 19.9. The Morgan fingerprint density at radius 3 is 2.39 bits per heavy atom. The van der Waals surface area contributed by atoms with Gasteiger partial charge in [-0.25, -0.2) is 0 Å². The van der Waals surface area contributed by atoms with Gasteiger partial charge >= 0.3 is 11.9 Å². The molecule has 248 valence electrons. The van der Waals surface area contributed by atoms with Gasteiger partial charge in [0.1, 0.15) is 12.7 Å². The predicted octanol–water partition coefficient (Wildman–Crippen LogP) is 4.71. The largest absolute Gasteiger partial charge is 0.462 e. The first kappa shape index (κ1) is 40.8. The number of esters is 2. The number of carbonyl (C=O) groups is 3. The first-order valence-electron chi connectivity index (χ1n) is 15.7. The number of unbranched alkanes of at least 4 members (excludes halogenated alkanes) is 3. The minimum Gasteiger partial charge on any atom is -0.462 e. The summed E-state index contributed by atoms with van der Waals surface area (Å²) in [4.78, 5) is 34.5. The van der Waals surface area contributed by atoms with E-state index < -0.39 is 24.4 Å². The number of carbonyl (C=O) groups excluding carboxylic acids is 3. The van der Waals surface area contributed by atoms with Crippen molar-refractivity contribution >= 4 is 17.8 Å². The Kier molecular flexibility index (Phi) is 23.3. The third-order valence-electron chi connectivity index (χ3n) is 7.18. The highest BCUT2D eigenvalue weighted by atomic mass is 16.5. The van der Waals surface area contributed by atoms with E-state index in [9.17, 15) is 29.7 Å². The van der Waals surface area contributed by atoms with Gasteiger partial charge in [-0.3, -0.25) is 14.4 Å². The van der Waals surface area contributed by atoms with Gasteiger partial charge in [-0.15, -0.1) is 12.8 Å². The standard InChI is InChI=1S/C33H53NO8.C2H2/c1-5-6-9-14-28(37)17-18-30-29(31(38)23-32(30)39)15-10-7-8-11-16-33(40)34-20-19-27(13-12-21-41-25(3)35)22-24(2)42-26(4)36;1-2/h7,10,12-13,17-18,22,24,28-32,37-39H,5-6,8-9,11,14-16,19-21,23H2,1-4H3,(H,34,40);1-2H/b10-7-,13-12-,18-17+,27-22+;/t24?,28?,29-,30-,31+,32-;/m1./s1. The van der Waals surface area contributed by atoms with Crippen molar-refractivity contribution in [3.05, 3.63) is 48.1 Å². The number of aliphatic hydroxyl groups is 3. The zero-order valence-corrected chi connectivity index (χ0v) is 27.0. The van der Waals surface area contributed by atoms with Crippen LogP contribution in [0.3, 0.4) is 0 Å². The fourth-order valence-electron chi connectivity index (χ4n) is 5.03. The molecule has 1 fully saturated rings. The molecular formula is C35H55NO8. The molecule has 0 aromatic rings. The molecule has 0 aromatic heterocycles. The molecule has 0 aliphatic heterocycles. The van der Waals surface area contributed by atoms with Crippen molar-refractivity contribution in [2.75, 3.05) is 13.2 Å². The summed E-state index contributed by atoms with van der Waals surface area (Å²) in [5.74, 6) is -1.11. The maximum atomic E-state index is 12.3. The fraction of sp³-hybridized carbons (Fsp3) is 0.629. The fourth-order valence-corrected chi connectivity index (χ4v) is 5.03. The average Bonchev–Trinajstić information content (AvgIpc) is 3.23. The minimum absolute atomic E-state index is 0.0586. The molecule has 44 heavy (non-hydrogen) atoms. The third-order valence-corrected chi connectivity index (χ3v) is 7.18. The number of hydrogen-bond acceptors (Lipinski definition) is 8. The molecule has 0 saturated heterocycles. The van der Waals surface area contributed by atoms with Crippen molar-refractivity contribution < 1.29 is 39.2 Å². The van der Waals surface area contributed by atoms with E-state index >= 15 is 0 Å². The molecule has 1 aliphatic carbocycles. The SMILES string of the molecule is C#C.CCCCCC(O)/C=C/[C@@H]1[C@@H](C/C=C\CCCC(=O)NCCC(/C=C\COC(C)=O)=C/C(C)OC(C)=O)[C@@H](O)C[C@H]1O. The molecule has 1 aliphatic rings. The summed E-state index contributed by atoms with van der Waals surface area (Å²) in [5, 5.41) is 33.9. The molecule has 0 heterocycles. The smallest absolute Gasteiger partial charge is 0.303 e. The average molecular weight is 618 g/mol. The first-order chi connectivity index (χ1) is 21.0. The Balaban J connectivity index is 0.00000904. The van der Waals surface area contributed by atoms with Crippen LogP contribution in [0.4, 0.5) is 0 Å². The van der Waals surface area contributed by atoms with Crippen LogP contribution in [0, 0.1) is 24.7 Å². The zero-order valence-electron chi connectivity index (χ0n) is 27.0. The van der Waals surface area contributed by atoms with E-state index in [1.165, 1.54) is 13.8 Å². The summed E-state index contributed by atoms with van der Waals surface area (Å²) in [5.41, 5.74) is 0.845. The van der Waals surface area contributed by atoms with Gasteiger partial charge < -0.3 is 30.1 Å². The van der Waals surface area contributed by atoms with Crippen LogP contribution in [-0.2, 0) is 23.9 Å². The molecule has 2 unspecified atom stereocenters. The van der Waals surface area contributed by atoms with Gasteiger partial charge in [0.2, 0.25) is 5.91 Å². The van der Waals surface area contributed by atoms with Crippen molar-refractivity contribution in [3.8, 4) is 12.8 Å².